The quantitative estimate of drug-likeness (QED) is 0.271. The van der Waals surface area contributed by atoms with E-state index < -0.39 is 0 Å². The van der Waals surface area contributed by atoms with Gasteiger partial charge in [0.05, 0.1) is 13.7 Å². The van der Waals surface area contributed by atoms with Crippen molar-refractivity contribution < 1.29 is 9.53 Å². The number of benzene rings is 3. The number of aromatic nitrogens is 3. The van der Waals surface area contributed by atoms with Crippen molar-refractivity contribution in [3.8, 4) is 11.4 Å². The number of urea groups is 1. The average molecular weight is 538 g/mol. The van der Waals surface area contributed by atoms with Crippen molar-refractivity contribution in [2.24, 2.45) is 0 Å². The largest absolute Gasteiger partial charge is 0.497 e. The monoisotopic (exact) mass is 537 g/mol. The van der Waals surface area contributed by atoms with E-state index in [-0.39, 0.29) is 12.6 Å². The van der Waals surface area contributed by atoms with Gasteiger partial charge in [-0.3, -0.25) is 4.57 Å². The van der Waals surface area contributed by atoms with Gasteiger partial charge in [0.15, 0.2) is 11.0 Å². The van der Waals surface area contributed by atoms with E-state index in [0.717, 1.165) is 32.2 Å². The second-order valence-corrected chi connectivity index (χ2v) is 9.39. The summed E-state index contributed by atoms with van der Waals surface area (Å²) in [6.45, 7) is 2.27. The number of nitrogens with one attached hydrogen (secondary N) is 2. The number of hydrogen-bond acceptors (Lipinski definition) is 5. The molecule has 34 heavy (non-hydrogen) atoms. The number of aryl methyl sites for hydroxylation is 1. The third-order valence-electron chi connectivity index (χ3n) is 4.98. The molecule has 0 fully saturated rings. The zero-order valence-electron chi connectivity index (χ0n) is 18.8. The highest BCUT2D eigenvalue weighted by Gasteiger charge is 2.16. The lowest BCUT2D eigenvalue weighted by Crippen LogP contribution is -2.29. The van der Waals surface area contributed by atoms with Crippen molar-refractivity contribution >= 4 is 39.4 Å². The van der Waals surface area contributed by atoms with E-state index in [1.54, 1.807) is 18.9 Å². The maximum absolute atomic E-state index is 12.5. The Bertz CT molecular complexity index is 1280. The van der Waals surface area contributed by atoms with Crippen LogP contribution in [0.3, 0.4) is 0 Å². The van der Waals surface area contributed by atoms with Crippen LogP contribution >= 0.6 is 27.7 Å². The first kappa shape index (κ1) is 23.8. The Kier molecular flexibility index (Phi) is 7.87. The smallest absolute Gasteiger partial charge is 0.319 e. The van der Waals surface area contributed by atoms with Crippen molar-refractivity contribution in [1.82, 2.24) is 20.1 Å². The van der Waals surface area contributed by atoms with Crippen LogP contribution in [0.2, 0.25) is 0 Å². The van der Waals surface area contributed by atoms with Crippen molar-refractivity contribution in [2.45, 2.75) is 24.4 Å². The average Bonchev–Trinajstić information content (AvgIpc) is 3.25. The number of anilines is 1. The molecule has 0 spiro atoms. The second-order valence-electron chi connectivity index (χ2n) is 7.53. The van der Waals surface area contributed by atoms with E-state index in [1.165, 1.54) is 0 Å². The number of ether oxygens (including phenoxy) is 1. The molecule has 7 nitrogen and oxygen atoms in total. The number of carbonyl (C=O) groups excluding carboxylic acids is 1. The zero-order chi connectivity index (χ0) is 23.9. The first-order chi connectivity index (χ1) is 16.5. The van der Waals surface area contributed by atoms with Crippen LogP contribution in [0, 0.1) is 6.92 Å². The summed E-state index contributed by atoms with van der Waals surface area (Å²) in [5, 5.41) is 15.2. The maximum Gasteiger partial charge on any atom is 0.319 e. The normalized spacial score (nSPS) is 10.7. The van der Waals surface area contributed by atoms with Gasteiger partial charge in [0, 0.05) is 21.6 Å². The summed E-state index contributed by atoms with van der Waals surface area (Å²) in [4.78, 5) is 12.5. The van der Waals surface area contributed by atoms with Gasteiger partial charge in [0.2, 0.25) is 0 Å². The Morgan fingerprint density at radius 2 is 1.85 bits per heavy atom. The minimum absolute atomic E-state index is 0.223. The summed E-state index contributed by atoms with van der Waals surface area (Å²) in [6.07, 6.45) is 0. The molecule has 2 N–H and O–H groups in total. The van der Waals surface area contributed by atoms with E-state index >= 15 is 0 Å². The van der Waals surface area contributed by atoms with Crippen molar-refractivity contribution in [3.63, 3.8) is 0 Å². The number of hydrogen-bond donors (Lipinski definition) is 2. The highest BCUT2D eigenvalue weighted by atomic mass is 79.9. The Labute approximate surface area is 211 Å². The molecule has 2 amide bonds. The number of methoxy groups -OCH3 is 1. The lowest BCUT2D eigenvalue weighted by atomic mass is 10.2. The molecular weight excluding hydrogens is 514 g/mol. The van der Waals surface area contributed by atoms with Gasteiger partial charge in [-0.15, -0.1) is 10.2 Å². The predicted molar refractivity (Wildman–Crippen MR) is 139 cm³/mol. The molecule has 4 rings (SSSR count). The molecule has 4 aromatic rings. The van der Waals surface area contributed by atoms with Gasteiger partial charge >= 0.3 is 6.03 Å². The topological polar surface area (TPSA) is 81.1 Å². The molecule has 0 bridgehead atoms. The van der Waals surface area contributed by atoms with E-state index in [4.69, 9.17) is 4.74 Å². The lowest BCUT2D eigenvalue weighted by molar-refractivity contribution is 0.251. The molecule has 0 unspecified atom stereocenters. The second kappa shape index (κ2) is 11.2. The molecule has 3 aromatic carbocycles. The molecule has 0 saturated heterocycles. The number of carbonyl (C=O) groups is 1. The molecular formula is C25H24BrN5O2S. The van der Waals surface area contributed by atoms with Gasteiger partial charge in [0.1, 0.15) is 5.75 Å². The summed E-state index contributed by atoms with van der Waals surface area (Å²) in [6, 6.07) is 23.2. The van der Waals surface area contributed by atoms with Crippen LogP contribution in [0.5, 0.6) is 5.75 Å². The fraction of sp³-hybridized carbons (Fsp3) is 0.160. The van der Waals surface area contributed by atoms with E-state index in [0.29, 0.717) is 17.3 Å². The van der Waals surface area contributed by atoms with E-state index in [2.05, 4.69) is 42.8 Å². The Hall–Kier alpha value is -3.30. The third-order valence-corrected chi connectivity index (χ3v) is 6.48. The molecule has 0 saturated carbocycles. The highest BCUT2D eigenvalue weighted by Crippen LogP contribution is 2.27. The van der Waals surface area contributed by atoms with Gasteiger partial charge in [-0.2, -0.15) is 0 Å². The fourth-order valence-corrected chi connectivity index (χ4v) is 4.59. The van der Waals surface area contributed by atoms with Crippen molar-refractivity contribution in [2.75, 3.05) is 12.4 Å². The van der Waals surface area contributed by atoms with Gasteiger partial charge in [-0.05, 0) is 55.0 Å². The zero-order valence-corrected chi connectivity index (χ0v) is 21.2. The molecule has 9 heteroatoms. The lowest BCUT2D eigenvalue weighted by Gasteiger charge is -2.12. The molecule has 0 aliphatic rings. The molecule has 0 aliphatic carbocycles. The SMILES string of the molecule is COc1cccc(CSc2nnc(CNC(=O)Nc3cccc(Br)c3)n2-c2ccc(C)cc2)c1. The minimum Gasteiger partial charge on any atom is -0.497 e. The number of nitrogens with zero attached hydrogens (tertiary/aromatic N) is 3. The fourth-order valence-electron chi connectivity index (χ4n) is 3.27. The van der Waals surface area contributed by atoms with Crippen LogP contribution in [-0.4, -0.2) is 27.9 Å². The number of rotatable bonds is 8. The standard InChI is InChI=1S/C25H24BrN5O2S/c1-17-9-11-21(12-10-17)31-23(15-27-24(32)28-20-7-4-6-19(26)14-20)29-30-25(31)34-16-18-5-3-8-22(13-18)33-2/h3-14H,15-16H2,1-2H3,(H2,27,28,32). The van der Waals surface area contributed by atoms with Crippen molar-refractivity contribution in [3.05, 3.63) is 94.2 Å². The molecule has 0 aliphatic heterocycles. The number of halogens is 1. The van der Waals surface area contributed by atoms with E-state index in [1.807, 2.05) is 78.2 Å². The Balaban J connectivity index is 1.51. The first-order valence-electron chi connectivity index (χ1n) is 10.6. The molecule has 0 radical (unpaired) electrons. The molecule has 0 atom stereocenters. The summed E-state index contributed by atoms with van der Waals surface area (Å²) in [5.74, 6) is 2.17. The van der Waals surface area contributed by atoms with Crippen LogP contribution in [0.25, 0.3) is 5.69 Å². The predicted octanol–water partition coefficient (Wildman–Crippen LogP) is 5.96. The van der Waals surface area contributed by atoms with Crippen LogP contribution in [-0.2, 0) is 12.3 Å². The maximum atomic E-state index is 12.5. The van der Waals surface area contributed by atoms with E-state index in [9.17, 15) is 4.79 Å². The summed E-state index contributed by atoms with van der Waals surface area (Å²) in [5.41, 5.74) is 3.92. The van der Waals surface area contributed by atoms with Crippen LogP contribution in [0.1, 0.15) is 17.0 Å². The number of amides is 2. The number of thioether (sulfide) groups is 1. The molecule has 1 heterocycles. The van der Waals surface area contributed by atoms with Gasteiger partial charge in [-0.25, -0.2) is 4.79 Å². The van der Waals surface area contributed by atoms with Gasteiger partial charge in [0.25, 0.3) is 0 Å². The van der Waals surface area contributed by atoms with Crippen LogP contribution in [0.4, 0.5) is 10.5 Å². The Morgan fingerprint density at radius 1 is 1.06 bits per heavy atom. The summed E-state index contributed by atoms with van der Waals surface area (Å²) < 4.78 is 8.19. The van der Waals surface area contributed by atoms with Crippen molar-refractivity contribution in [1.29, 1.82) is 0 Å². The molecule has 174 valence electrons. The van der Waals surface area contributed by atoms with Crippen LogP contribution < -0.4 is 15.4 Å². The first-order valence-corrected chi connectivity index (χ1v) is 12.4. The Morgan fingerprint density at radius 3 is 2.62 bits per heavy atom. The summed E-state index contributed by atoms with van der Waals surface area (Å²) >= 11 is 4.99. The summed E-state index contributed by atoms with van der Waals surface area (Å²) in [7, 11) is 1.66. The minimum atomic E-state index is -0.317. The molecule has 1 aromatic heterocycles. The van der Waals surface area contributed by atoms with Gasteiger partial charge in [-0.1, -0.05) is 63.6 Å². The van der Waals surface area contributed by atoms with Gasteiger partial charge < -0.3 is 15.4 Å². The third kappa shape index (κ3) is 6.18. The van der Waals surface area contributed by atoms with Crippen LogP contribution in [0.15, 0.2) is 82.4 Å². The highest BCUT2D eigenvalue weighted by molar-refractivity contribution is 9.10.